The summed E-state index contributed by atoms with van der Waals surface area (Å²) in [4.78, 5) is 20.3. The molecule has 3 heterocycles. The molecular weight excluding hydrogens is 370 g/mol. The van der Waals surface area contributed by atoms with Crippen molar-refractivity contribution in [2.75, 3.05) is 13.1 Å². The molecule has 0 bridgehead atoms. The fourth-order valence-electron chi connectivity index (χ4n) is 2.07. The Hall–Kier alpha value is -1.09. The Morgan fingerprint density at radius 3 is 2.89 bits per heavy atom. The van der Waals surface area contributed by atoms with E-state index in [0.29, 0.717) is 18.2 Å². The zero-order chi connectivity index (χ0) is 12.9. The lowest BCUT2D eigenvalue weighted by atomic mass is 10.1. The van der Waals surface area contributed by atoms with Gasteiger partial charge in [0.25, 0.3) is 0 Å². The number of fused-ring (bicyclic) bond motifs is 1. The van der Waals surface area contributed by atoms with Gasteiger partial charge in [-0.3, -0.25) is 0 Å². The van der Waals surface area contributed by atoms with Crippen LogP contribution in [0, 0.1) is 3.57 Å². The van der Waals surface area contributed by atoms with Crippen molar-refractivity contribution >= 4 is 51.3 Å². The first-order chi connectivity index (χ1) is 8.58. The molecule has 1 fully saturated rings. The molecule has 94 valence electrons. The maximum absolute atomic E-state index is 10.7. The van der Waals surface area contributed by atoms with Gasteiger partial charge in [-0.25, -0.2) is 14.8 Å². The Kier molecular flexibility index (Phi) is 2.81. The number of carboxylic acid groups (broad SMARTS) is 1. The van der Waals surface area contributed by atoms with E-state index in [1.165, 1.54) is 11.2 Å². The van der Waals surface area contributed by atoms with Crippen LogP contribution in [0.25, 0.3) is 11.0 Å². The van der Waals surface area contributed by atoms with Crippen molar-refractivity contribution in [1.82, 2.24) is 19.4 Å². The molecule has 1 saturated heterocycles. The van der Waals surface area contributed by atoms with Crippen LogP contribution in [-0.4, -0.2) is 43.7 Å². The Labute approximate surface area is 121 Å². The van der Waals surface area contributed by atoms with Gasteiger partial charge in [-0.1, -0.05) is 11.6 Å². The molecular formula is C10H8ClIN4O2. The van der Waals surface area contributed by atoms with Gasteiger partial charge in [0.05, 0.1) is 11.4 Å². The number of carbonyl (C=O) groups is 1. The quantitative estimate of drug-likeness (QED) is 0.610. The molecule has 0 atom stereocenters. The zero-order valence-corrected chi connectivity index (χ0v) is 12.0. The normalized spacial score (nSPS) is 16.0. The van der Waals surface area contributed by atoms with E-state index in [9.17, 15) is 4.79 Å². The molecule has 2 aromatic rings. The molecule has 6 nitrogen and oxygen atoms in total. The van der Waals surface area contributed by atoms with Crippen LogP contribution in [0.4, 0.5) is 4.79 Å². The van der Waals surface area contributed by atoms with Crippen LogP contribution in [0.5, 0.6) is 0 Å². The smallest absolute Gasteiger partial charge is 0.407 e. The highest BCUT2D eigenvalue weighted by atomic mass is 127. The number of likely N-dealkylation sites (tertiary alicyclic amines) is 1. The summed E-state index contributed by atoms with van der Waals surface area (Å²) >= 11 is 8.23. The lowest BCUT2D eigenvalue weighted by Gasteiger charge is -2.37. The number of aromatic nitrogens is 3. The number of amides is 1. The first kappa shape index (κ1) is 12.0. The van der Waals surface area contributed by atoms with Crippen molar-refractivity contribution in [1.29, 1.82) is 0 Å². The van der Waals surface area contributed by atoms with Crippen molar-refractivity contribution in [3.05, 3.63) is 21.2 Å². The van der Waals surface area contributed by atoms with Gasteiger partial charge in [-0.2, -0.15) is 0 Å². The maximum Gasteiger partial charge on any atom is 0.407 e. The van der Waals surface area contributed by atoms with Gasteiger partial charge in [0.2, 0.25) is 0 Å². The van der Waals surface area contributed by atoms with E-state index in [0.717, 1.165) is 14.6 Å². The van der Waals surface area contributed by atoms with Crippen LogP contribution < -0.4 is 0 Å². The molecule has 8 heteroatoms. The highest BCUT2D eigenvalue weighted by molar-refractivity contribution is 14.1. The van der Waals surface area contributed by atoms with Crippen molar-refractivity contribution in [3.8, 4) is 0 Å². The molecule has 3 rings (SSSR count). The number of rotatable bonds is 1. The van der Waals surface area contributed by atoms with Gasteiger partial charge in [0, 0.05) is 22.9 Å². The average molecular weight is 379 g/mol. The number of hydrogen-bond donors (Lipinski definition) is 1. The van der Waals surface area contributed by atoms with E-state index in [4.69, 9.17) is 16.7 Å². The van der Waals surface area contributed by atoms with E-state index in [2.05, 4.69) is 32.6 Å². The first-order valence-corrected chi connectivity index (χ1v) is 6.68. The van der Waals surface area contributed by atoms with Crippen molar-refractivity contribution in [2.45, 2.75) is 6.04 Å². The van der Waals surface area contributed by atoms with E-state index in [1.54, 1.807) is 0 Å². The molecule has 0 spiro atoms. The third kappa shape index (κ3) is 1.72. The topological polar surface area (TPSA) is 71.2 Å². The summed E-state index contributed by atoms with van der Waals surface area (Å²) in [6.07, 6.45) is 2.48. The van der Waals surface area contributed by atoms with Gasteiger partial charge in [0.1, 0.15) is 17.1 Å². The third-order valence-electron chi connectivity index (χ3n) is 3.04. The Morgan fingerprint density at radius 2 is 2.22 bits per heavy atom. The van der Waals surface area contributed by atoms with Gasteiger partial charge >= 0.3 is 6.09 Å². The van der Waals surface area contributed by atoms with Crippen LogP contribution in [0.2, 0.25) is 5.15 Å². The van der Waals surface area contributed by atoms with Crippen LogP contribution in [0.15, 0.2) is 12.5 Å². The number of nitrogens with zero attached hydrogens (tertiary/aromatic N) is 4. The highest BCUT2D eigenvalue weighted by Gasteiger charge is 2.33. The van der Waals surface area contributed by atoms with E-state index in [1.807, 2.05) is 10.8 Å². The summed E-state index contributed by atoms with van der Waals surface area (Å²) in [6.45, 7) is 0.966. The summed E-state index contributed by atoms with van der Waals surface area (Å²) in [6, 6.07) is 0.123. The Bertz CT molecular complexity index is 638. The second-order valence-corrected chi connectivity index (χ2v) is 5.61. The minimum Gasteiger partial charge on any atom is -0.465 e. The zero-order valence-electron chi connectivity index (χ0n) is 9.05. The largest absolute Gasteiger partial charge is 0.465 e. The fraction of sp³-hybridized carbons (Fsp3) is 0.300. The van der Waals surface area contributed by atoms with Crippen LogP contribution in [0.3, 0.4) is 0 Å². The molecule has 0 unspecified atom stereocenters. The van der Waals surface area contributed by atoms with E-state index < -0.39 is 6.09 Å². The minimum absolute atomic E-state index is 0.123. The van der Waals surface area contributed by atoms with E-state index in [-0.39, 0.29) is 6.04 Å². The fourth-order valence-corrected chi connectivity index (χ4v) is 3.26. The van der Waals surface area contributed by atoms with E-state index >= 15 is 0 Å². The summed E-state index contributed by atoms with van der Waals surface area (Å²) < 4.78 is 2.95. The lowest BCUT2D eigenvalue weighted by Crippen LogP contribution is -2.50. The molecule has 1 N–H and O–H groups in total. The first-order valence-electron chi connectivity index (χ1n) is 5.22. The van der Waals surface area contributed by atoms with Gasteiger partial charge in [0.15, 0.2) is 0 Å². The van der Waals surface area contributed by atoms with Gasteiger partial charge in [-0.05, 0) is 22.6 Å². The molecule has 0 saturated carbocycles. The van der Waals surface area contributed by atoms with Crippen LogP contribution >= 0.6 is 34.2 Å². The predicted octanol–water partition coefficient (Wildman–Crippen LogP) is 2.22. The minimum atomic E-state index is -0.884. The lowest BCUT2D eigenvalue weighted by molar-refractivity contribution is 0.0869. The van der Waals surface area contributed by atoms with Crippen LogP contribution in [0.1, 0.15) is 6.04 Å². The van der Waals surface area contributed by atoms with Gasteiger partial charge < -0.3 is 14.6 Å². The third-order valence-corrected chi connectivity index (χ3v) is 4.15. The molecule has 1 aliphatic heterocycles. The molecule has 0 aromatic carbocycles. The Balaban J connectivity index is 2.00. The molecule has 0 aliphatic carbocycles. The average Bonchev–Trinajstić information content (AvgIpc) is 2.55. The van der Waals surface area contributed by atoms with Crippen molar-refractivity contribution in [2.24, 2.45) is 0 Å². The second kappa shape index (κ2) is 4.23. The number of halogens is 2. The maximum atomic E-state index is 10.7. The molecule has 1 amide bonds. The standard InChI is InChI=1S/C10H8ClIN4O2/c11-8-7-6(12)3-16(9(7)14-4-13-8)5-1-15(2-5)10(17)18/h3-5H,1-2H2,(H,17,18). The monoisotopic (exact) mass is 378 g/mol. The SMILES string of the molecule is O=C(O)N1CC(n2cc(I)c3c(Cl)ncnc32)C1. The second-order valence-electron chi connectivity index (χ2n) is 4.09. The summed E-state index contributed by atoms with van der Waals surface area (Å²) in [5.74, 6) is 0. The van der Waals surface area contributed by atoms with Crippen molar-refractivity contribution in [3.63, 3.8) is 0 Å². The van der Waals surface area contributed by atoms with Gasteiger partial charge in [-0.15, -0.1) is 0 Å². The summed E-state index contributed by atoms with van der Waals surface area (Å²) in [5.41, 5.74) is 0.759. The van der Waals surface area contributed by atoms with Crippen molar-refractivity contribution < 1.29 is 9.90 Å². The summed E-state index contributed by atoms with van der Waals surface area (Å²) in [7, 11) is 0. The molecule has 0 radical (unpaired) electrons. The Morgan fingerprint density at radius 1 is 1.50 bits per heavy atom. The van der Waals surface area contributed by atoms with Crippen LogP contribution in [-0.2, 0) is 0 Å². The molecule has 2 aromatic heterocycles. The summed E-state index contributed by atoms with van der Waals surface area (Å²) in [5, 5.41) is 10.1. The molecule has 18 heavy (non-hydrogen) atoms. The molecule has 1 aliphatic rings. The highest BCUT2D eigenvalue weighted by Crippen LogP contribution is 2.31. The predicted molar refractivity (Wildman–Crippen MR) is 73.9 cm³/mol. The number of hydrogen-bond acceptors (Lipinski definition) is 3.